The van der Waals surface area contributed by atoms with Gasteiger partial charge in [0, 0.05) is 11.1 Å². The number of hydrogen-bond donors (Lipinski definition) is 2. The summed E-state index contributed by atoms with van der Waals surface area (Å²) < 4.78 is 5.29. The number of ether oxygens (including phenoxy) is 1. The Morgan fingerprint density at radius 2 is 2.16 bits per heavy atom. The third-order valence-corrected chi connectivity index (χ3v) is 2.82. The minimum absolute atomic E-state index is 0.0805. The van der Waals surface area contributed by atoms with Gasteiger partial charge in [0.1, 0.15) is 5.75 Å². The number of benzene rings is 1. The van der Waals surface area contributed by atoms with Crippen LogP contribution in [0.4, 0.5) is 0 Å². The van der Waals surface area contributed by atoms with Crippen molar-refractivity contribution in [2.75, 3.05) is 6.61 Å². The zero-order valence-corrected chi connectivity index (χ0v) is 11.7. The number of nitrogens with one attached hydrogen (secondary N) is 1. The van der Waals surface area contributed by atoms with Crippen LogP contribution in [0, 0.1) is 0 Å². The largest absolute Gasteiger partial charge is 0.483 e. The molecule has 0 aliphatic carbocycles. The first-order valence-electron chi connectivity index (χ1n) is 5.95. The van der Waals surface area contributed by atoms with Crippen molar-refractivity contribution in [2.45, 2.75) is 26.3 Å². The van der Waals surface area contributed by atoms with Gasteiger partial charge in [-0.25, -0.2) is 0 Å². The summed E-state index contributed by atoms with van der Waals surface area (Å²) in [5, 5.41) is 3.13. The molecule has 3 N–H and O–H groups in total. The van der Waals surface area contributed by atoms with Gasteiger partial charge in [-0.15, -0.1) is 0 Å². The molecule has 0 spiro atoms. The highest BCUT2D eigenvalue weighted by Gasteiger charge is 2.12. The van der Waals surface area contributed by atoms with Crippen molar-refractivity contribution < 1.29 is 14.3 Å². The van der Waals surface area contributed by atoms with Gasteiger partial charge in [0.2, 0.25) is 0 Å². The van der Waals surface area contributed by atoms with Crippen LogP contribution in [0.15, 0.2) is 18.2 Å². The summed E-state index contributed by atoms with van der Waals surface area (Å²) in [5.74, 6) is -0.657. The molecule has 19 heavy (non-hydrogen) atoms. The Kier molecular flexibility index (Phi) is 5.63. The predicted molar refractivity (Wildman–Crippen MR) is 73.4 cm³/mol. The quantitative estimate of drug-likeness (QED) is 0.835. The van der Waals surface area contributed by atoms with Crippen LogP contribution in [0.25, 0.3) is 0 Å². The van der Waals surface area contributed by atoms with Crippen molar-refractivity contribution >= 4 is 23.4 Å². The monoisotopic (exact) mass is 284 g/mol. The molecular weight excluding hydrogens is 268 g/mol. The third-order valence-electron chi connectivity index (χ3n) is 2.59. The van der Waals surface area contributed by atoms with E-state index in [2.05, 4.69) is 5.32 Å². The van der Waals surface area contributed by atoms with E-state index in [9.17, 15) is 9.59 Å². The molecule has 0 fully saturated rings. The van der Waals surface area contributed by atoms with Gasteiger partial charge in [-0.2, -0.15) is 0 Å². The highest BCUT2D eigenvalue weighted by atomic mass is 35.5. The maximum Gasteiger partial charge on any atom is 0.258 e. The number of hydrogen-bond acceptors (Lipinski definition) is 3. The number of nitrogens with two attached hydrogens (primary N) is 1. The van der Waals surface area contributed by atoms with Gasteiger partial charge >= 0.3 is 0 Å². The number of amides is 2. The third kappa shape index (κ3) is 4.79. The fourth-order valence-electron chi connectivity index (χ4n) is 1.38. The van der Waals surface area contributed by atoms with Crippen LogP contribution in [-0.4, -0.2) is 24.5 Å². The van der Waals surface area contributed by atoms with Gasteiger partial charge in [0.15, 0.2) is 6.61 Å². The highest BCUT2D eigenvalue weighted by Crippen LogP contribution is 2.22. The second-order valence-electron chi connectivity index (χ2n) is 4.17. The van der Waals surface area contributed by atoms with Crippen LogP contribution in [-0.2, 0) is 4.79 Å². The lowest BCUT2D eigenvalue weighted by Gasteiger charge is -2.13. The maximum absolute atomic E-state index is 11.6. The van der Waals surface area contributed by atoms with E-state index in [1.807, 2.05) is 13.8 Å². The Hall–Kier alpha value is -1.75. The molecule has 6 heteroatoms. The molecule has 0 unspecified atom stereocenters. The Morgan fingerprint density at radius 3 is 2.74 bits per heavy atom. The summed E-state index contributed by atoms with van der Waals surface area (Å²) in [7, 11) is 0. The van der Waals surface area contributed by atoms with Crippen LogP contribution >= 0.6 is 11.6 Å². The van der Waals surface area contributed by atoms with E-state index >= 15 is 0 Å². The Bertz CT molecular complexity index is 477. The summed E-state index contributed by atoms with van der Waals surface area (Å²) in [6.45, 7) is 3.69. The van der Waals surface area contributed by atoms with Crippen LogP contribution in [0.1, 0.15) is 30.6 Å². The summed E-state index contributed by atoms with van der Waals surface area (Å²) in [4.78, 5) is 22.8. The maximum atomic E-state index is 11.6. The van der Waals surface area contributed by atoms with Gasteiger partial charge in [0.05, 0.1) is 5.56 Å². The zero-order chi connectivity index (χ0) is 14.4. The van der Waals surface area contributed by atoms with Gasteiger partial charge in [-0.05, 0) is 31.5 Å². The molecule has 0 aliphatic heterocycles. The normalized spacial score (nSPS) is 11.7. The summed E-state index contributed by atoms with van der Waals surface area (Å²) >= 11 is 5.77. The van der Waals surface area contributed by atoms with E-state index in [1.54, 1.807) is 6.07 Å². The molecule has 0 heterocycles. The molecular formula is C13H17ClN2O3. The summed E-state index contributed by atoms with van der Waals surface area (Å²) in [6.07, 6.45) is 0.833. The van der Waals surface area contributed by atoms with Crippen LogP contribution in [0.3, 0.4) is 0 Å². The van der Waals surface area contributed by atoms with Crippen LogP contribution in [0.5, 0.6) is 5.75 Å². The highest BCUT2D eigenvalue weighted by molar-refractivity contribution is 6.31. The van der Waals surface area contributed by atoms with E-state index in [-0.39, 0.29) is 29.9 Å². The first kappa shape index (κ1) is 15.3. The number of carbonyl (C=O) groups is 2. The second-order valence-corrected chi connectivity index (χ2v) is 4.61. The lowest BCUT2D eigenvalue weighted by Crippen LogP contribution is -2.35. The molecule has 1 atom stereocenters. The van der Waals surface area contributed by atoms with Crippen molar-refractivity contribution in [1.82, 2.24) is 5.32 Å². The SMILES string of the molecule is CC[C@H](C)NC(=O)COc1ccc(Cl)cc1C(N)=O. The molecule has 5 nitrogen and oxygen atoms in total. The fraction of sp³-hybridized carbons (Fsp3) is 0.385. The number of primary amides is 1. The van der Waals surface area contributed by atoms with Crippen molar-refractivity contribution in [2.24, 2.45) is 5.73 Å². The standard InChI is InChI=1S/C13H17ClN2O3/c1-3-8(2)16-12(17)7-19-11-5-4-9(14)6-10(11)13(15)18/h4-6,8H,3,7H2,1-2H3,(H2,15,18)(H,16,17)/t8-/m0/s1. The van der Waals surface area contributed by atoms with Crippen LogP contribution in [0.2, 0.25) is 5.02 Å². The average molecular weight is 285 g/mol. The van der Waals surface area contributed by atoms with Gasteiger partial charge in [-0.3, -0.25) is 9.59 Å². The summed E-state index contributed by atoms with van der Waals surface area (Å²) in [6, 6.07) is 4.57. The molecule has 2 amide bonds. The molecule has 0 bridgehead atoms. The second kappa shape index (κ2) is 6.99. The molecule has 1 rings (SSSR count). The van der Waals surface area contributed by atoms with Gasteiger partial charge in [-0.1, -0.05) is 18.5 Å². The van der Waals surface area contributed by atoms with Crippen molar-refractivity contribution in [1.29, 1.82) is 0 Å². The average Bonchev–Trinajstić information content (AvgIpc) is 2.36. The summed E-state index contributed by atoms with van der Waals surface area (Å²) in [5.41, 5.74) is 5.37. The molecule has 104 valence electrons. The van der Waals surface area contributed by atoms with E-state index in [0.717, 1.165) is 6.42 Å². The Morgan fingerprint density at radius 1 is 1.47 bits per heavy atom. The molecule has 0 saturated carbocycles. The van der Waals surface area contributed by atoms with E-state index in [0.29, 0.717) is 5.02 Å². The Labute approximate surface area is 117 Å². The van der Waals surface area contributed by atoms with E-state index < -0.39 is 5.91 Å². The molecule has 0 saturated heterocycles. The minimum Gasteiger partial charge on any atom is -0.483 e. The van der Waals surface area contributed by atoms with E-state index in [4.69, 9.17) is 22.1 Å². The Balaban J connectivity index is 2.67. The lowest BCUT2D eigenvalue weighted by molar-refractivity contribution is -0.123. The van der Waals surface area contributed by atoms with E-state index in [1.165, 1.54) is 12.1 Å². The van der Waals surface area contributed by atoms with Gasteiger partial charge < -0.3 is 15.8 Å². The molecule has 0 aromatic heterocycles. The van der Waals surface area contributed by atoms with Crippen molar-refractivity contribution in [3.63, 3.8) is 0 Å². The topological polar surface area (TPSA) is 81.4 Å². The number of carbonyl (C=O) groups excluding carboxylic acids is 2. The minimum atomic E-state index is -0.653. The van der Waals surface area contributed by atoms with Gasteiger partial charge in [0.25, 0.3) is 11.8 Å². The number of rotatable bonds is 6. The first-order chi connectivity index (χ1) is 8.93. The molecule has 1 aromatic carbocycles. The van der Waals surface area contributed by atoms with Crippen molar-refractivity contribution in [3.05, 3.63) is 28.8 Å². The molecule has 0 aliphatic rings. The van der Waals surface area contributed by atoms with Crippen molar-refractivity contribution in [3.8, 4) is 5.75 Å². The fourth-order valence-corrected chi connectivity index (χ4v) is 1.55. The first-order valence-corrected chi connectivity index (χ1v) is 6.33. The lowest BCUT2D eigenvalue weighted by atomic mass is 10.2. The smallest absolute Gasteiger partial charge is 0.258 e. The predicted octanol–water partition coefficient (Wildman–Crippen LogP) is 1.73. The molecule has 0 radical (unpaired) electrons. The number of halogens is 1. The van der Waals surface area contributed by atoms with Crippen LogP contribution < -0.4 is 15.8 Å². The molecule has 1 aromatic rings. The zero-order valence-electron chi connectivity index (χ0n) is 10.9.